The summed E-state index contributed by atoms with van der Waals surface area (Å²) in [7, 11) is 1.58. The lowest BCUT2D eigenvalue weighted by atomic mass is 10.0. The number of nitrogens with zero attached hydrogens (tertiary/aromatic N) is 3. The van der Waals surface area contributed by atoms with Crippen LogP contribution in [0.1, 0.15) is 17.9 Å². The van der Waals surface area contributed by atoms with Gasteiger partial charge in [0.2, 0.25) is 0 Å². The van der Waals surface area contributed by atoms with Crippen molar-refractivity contribution < 1.29 is 22.4 Å². The second-order valence-electron chi connectivity index (χ2n) is 7.86. The van der Waals surface area contributed by atoms with Crippen LogP contribution in [-0.2, 0) is 6.54 Å². The third-order valence-corrected chi connectivity index (χ3v) is 5.33. The maximum Gasteiger partial charge on any atom is 0.322 e. The molecule has 3 heterocycles. The van der Waals surface area contributed by atoms with Gasteiger partial charge in [-0.1, -0.05) is 18.2 Å². The number of nitrogens with one attached hydrogen (secondary N) is 1. The first kappa shape index (κ1) is 21.7. The van der Waals surface area contributed by atoms with Gasteiger partial charge in [-0.05, 0) is 31.2 Å². The van der Waals surface area contributed by atoms with Gasteiger partial charge in [0.1, 0.15) is 17.3 Å². The fraction of sp³-hybridized carbons (Fsp3) is 0.304. The molecule has 9 heteroatoms. The molecule has 1 fully saturated rings. The molecule has 0 bridgehead atoms. The molecule has 2 amide bonds. The molecule has 0 aliphatic carbocycles. The van der Waals surface area contributed by atoms with Crippen LogP contribution in [0.25, 0.3) is 11.1 Å². The van der Waals surface area contributed by atoms with Gasteiger partial charge in [0.25, 0.3) is 5.92 Å². The van der Waals surface area contributed by atoms with Crippen molar-refractivity contribution in [2.24, 2.45) is 0 Å². The van der Waals surface area contributed by atoms with E-state index in [1.807, 2.05) is 0 Å². The number of carbonyl (C=O) groups is 1. The summed E-state index contributed by atoms with van der Waals surface area (Å²) in [5.41, 5.74) is 0.781. The third-order valence-electron chi connectivity index (χ3n) is 5.33. The minimum absolute atomic E-state index is 0.0745. The predicted octanol–water partition coefficient (Wildman–Crippen LogP) is 5.30. The fourth-order valence-electron chi connectivity index (χ4n) is 3.71. The standard InChI is InChI=1S/C23H23F3N4O2/c1-15-7-8-16(32-15)13-29(2)22(31)28-20-18(17-5-3-4-6-19(17)24)9-11-27-21(20)30-12-10-23(25,26)14-30/h3-9,11H,10,12-14H2,1-2H3,(H,28,31). The van der Waals surface area contributed by atoms with Crippen LogP contribution in [0, 0.1) is 12.7 Å². The number of furan rings is 1. The minimum atomic E-state index is -2.86. The van der Waals surface area contributed by atoms with Gasteiger partial charge in [-0.15, -0.1) is 0 Å². The number of carbonyl (C=O) groups excluding carboxylic acids is 1. The quantitative estimate of drug-likeness (QED) is 0.580. The molecule has 32 heavy (non-hydrogen) atoms. The van der Waals surface area contributed by atoms with Crippen LogP contribution in [0.3, 0.4) is 0 Å². The van der Waals surface area contributed by atoms with Crippen LogP contribution < -0.4 is 10.2 Å². The minimum Gasteiger partial charge on any atom is -0.464 e. The SMILES string of the molecule is Cc1ccc(CN(C)C(=O)Nc2c(-c3ccccc3F)ccnc2N2CCC(F)(F)C2)o1. The van der Waals surface area contributed by atoms with Gasteiger partial charge >= 0.3 is 6.03 Å². The van der Waals surface area contributed by atoms with E-state index in [2.05, 4.69) is 10.3 Å². The lowest BCUT2D eigenvalue weighted by Crippen LogP contribution is -2.32. The van der Waals surface area contributed by atoms with Crippen molar-refractivity contribution in [2.75, 3.05) is 30.4 Å². The number of rotatable bonds is 5. The van der Waals surface area contributed by atoms with Crippen molar-refractivity contribution in [1.82, 2.24) is 9.88 Å². The molecule has 1 N–H and O–H groups in total. The number of halogens is 3. The molecule has 0 spiro atoms. The number of amides is 2. The summed E-state index contributed by atoms with van der Waals surface area (Å²) in [6.07, 6.45) is 1.11. The Morgan fingerprint density at radius 3 is 2.66 bits per heavy atom. The molecule has 168 valence electrons. The summed E-state index contributed by atoms with van der Waals surface area (Å²) in [4.78, 5) is 20.0. The average molecular weight is 444 g/mol. The van der Waals surface area contributed by atoms with E-state index >= 15 is 0 Å². The van der Waals surface area contributed by atoms with E-state index in [0.29, 0.717) is 11.3 Å². The van der Waals surface area contributed by atoms with Gasteiger partial charge in [0.05, 0.1) is 18.8 Å². The van der Waals surface area contributed by atoms with E-state index in [-0.39, 0.29) is 36.6 Å². The second kappa shape index (κ2) is 8.57. The third kappa shape index (κ3) is 4.56. The largest absolute Gasteiger partial charge is 0.464 e. The summed E-state index contributed by atoms with van der Waals surface area (Å²) in [6, 6.07) is 10.7. The highest BCUT2D eigenvalue weighted by Gasteiger charge is 2.40. The second-order valence-corrected chi connectivity index (χ2v) is 7.86. The van der Waals surface area contributed by atoms with Crippen LogP contribution in [-0.4, -0.2) is 42.0 Å². The smallest absolute Gasteiger partial charge is 0.322 e. The molecule has 0 saturated carbocycles. The van der Waals surface area contributed by atoms with Crippen LogP contribution in [0.5, 0.6) is 0 Å². The molecule has 0 atom stereocenters. The normalized spacial score (nSPS) is 15.1. The summed E-state index contributed by atoms with van der Waals surface area (Å²) in [5.74, 6) is -1.85. The number of hydrogen-bond donors (Lipinski definition) is 1. The Labute approximate surface area is 183 Å². The molecule has 3 aromatic rings. The molecule has 1 saturated heterocycles. The van der Waals surface area contributed by atoms with Gasteiger partial charge < -0.3 is 19.5 Å². The number of benzene rings is 1. The molecular formula is C23H23F3N4O2. The summed E-state index contributed by atoms with van der Waals surface area (Å²) < 4.78 is 47.9. The zero-order valence-corrected chi connectivity index (χ0v) is 17.7. The molecule has 0 unspecified atom stereocenters. The summed E-state index contributed by atoms with van der Waals surface area (Å²) >= 11 is 0. The molecule has 0 radical (unpaired) electrons. The lowest BCUT2D eigenvalue weighted by molar-refractivity contribution is 0.0257. The number of pyridine rings is 1. The van der Waals surface area contributed by atoms with Crippen molar-refractivity contribution in [1.29, 1.82) is 0 Å². The summed E-state index contributed by atoms with van der Waals surface area (Å²) in [5, 5.41) is 2.77. The number of urea groups is 1. The van der Waals surface area contributed by atoms with E-state index in [1.54, 1.807) is 50.4 Å². The number of alkyl halides is 2. The van der Waals surface area contributed by atoms with E-state index < -0.39 is 24.3 Å². The number of aryl methyl sites for hydroxylation is 1. The van der Waals surface area contributed by atoms with E-state index in [1.165, 1.54) is 22.1 Å². The molecule has 6 nitrogen and oxygen atoms in total. The van der Waals surface area contributed by atoms with Crippen LogP contribution in [0.2, 0.25) is 0 Å². The summed E-state index contributed by atoms with van der Waals surface area (Å²) in [6.45, 7) is 1.56. The molecule has 2 aromatic heterocycles. The highest BCUT2D eigenvalue weighted by Crippen LogP contribution is 2.39. The van der Waals surface area contributed by atoms with Crippen LogP contribution in [0.4, 0.5) is 29.5 Å². The zero-order chi connectivity index (χ0) is 22.9. The van der Waals surface area contributed by atoms with Crippen LogP contribution in [0.15, 0.2) is 53.1 Å². The van der Waals surface area contributed by atoms with E-state index in [9.17, 15) is 18.0 Å². The Morgan fingerprint density at radius 1 is 1.22 bits per heavy atom. The van der Waals surface area contributed by atoms with Crippen molar-refractivity contribution in [3.8, 4) is 11.1 Å². The maximum atomic E-state index is 14.6. The Hall–Kier alpha value is -3.49. The number of hydrogen-bond acceptors (Lipinski definition) is 4. The molecule has 1 aromatic carbocycles. The average Bonchev–Trinajstić information content (AvgIpc) is 3.33. The van der Waals surface area contributed by atoms with Gasteiger partial charge in [0.15, 0.2) is 5.82 Å². The molecule has 4 rings (SSSR count). The van der Waals surface area contributed by atoms with Gasteiger partial charge in [-0.2, -0.15) is 0 Å². The number of anilines is 2. The maximum absolute atomic E-state index is 14.6. The van der Waals surface area contributed by atoms with E-state index in [4.69, 9.17) is 4.42 Å². The molecule has 1 aliphatic rings. The van der Waals surface area contributed by atoms with Gasteiger partial charge in [0, 0.05) is 37.3 Å². The molecular weight excluding hydrogens is 421 g/mol. The zero-order valence-electron chi connectivity index (χ0n) is 17.7. The lowest BCUT2D eigenvalue weighted by Gasteiger charge is -2.24. The Bertz CT molecular complexity index is 1130. The predicted molar refractivity (Wildman–Crippen MR) is 115 cm³/mol. The van der Waals surface area contributed by atoms with Crippen molar-refractivity contribution >= 4 is 17.5 Å². The van der Waals surface area contributed by atoms with Crippen LogP contribution >= 0.6 is 0 Å². The topological polar surface area (TPSA) is 61.6 Å². The fourth-order valence-corrected chi connectivity index (χ4v) is 3.71. The monoisotopic (exact) mass is 444 g/mol. The van der Waals surface area contributed by atoms with E-state index in [0.717, 1.165) is 5.76 Å². The molecule has 1 aliphatic heterocycles. The highest BCUT2D eigenvalue weighted by atomic mass is 19.3. The Balaban J connectivity index is 1.69. The van der Waals surface area contributed by atoms with Crippen molar-refractivity contribution in [2.45, 2.75) is 25.8 Å². The van der Waals surface area contributed by atoms with Crippen molar-refractivity contribution in [3.05, 3.63) is 66.0 Å². The van der Waals surface area contributed by atoms with Crippen molar-refractivity contribution in [3.63, 3.8) is 0 Å². The number of aromatic nitrogens is 1. The first-order valence-electron chi connectivity index (χ1n) is 10.2. The first-order valence-corrected chi connectivity index (χ1v) is 10.2. The van der Waals surface area contributed by atoms with Gasteiger partial charge in [-0.3, -0.25) is 0 Å². The Morgan fingerprint density at radius 2 is 2.00 bits per heavy atom. The highest BCUT2D eigenvalue weighted by molar-refractivity contribution is 5.98. The first-order chi connectivity index (χ1) is 15.2. The Kier molecular flexibility index (Phi) is 5.82. The van der Waals surface area contributed by atoms with Gasteiger partial charge in [-0.25, -0.2) is 22.9 Å².